The minimum atomic E-state index is -4.40. The number of methoxy groups -OCH3 is 1. The van der Waals surface area contributed by atoms with E-state index in [2.05, 4.69) is 15.6 Å². The van der Waals surface area contributed by atoms with Crippen LogP contribution in [0.15, 0.2) is 23.2 Å². The first-order valence-electron chi connectivity index (χ1n) is 10.3. The lowest BCUT2D eigenvalue weighted by Crippen LogP contribution is -2.37. The molecule has 0 atom stereocenters. The van der Waals surface area contributed by atoms with Crippen LogP contribution in [0.1, 0.15) is 44.1 Å². The van der Waals surface area contributed by atoms with Crippen molar-refractivity contribution in [2.45, 2.75) is 57.3 Å². The lowest BCUT2D eigenvalue weighted by atomic mass is 9.98. The van der Waals surface area contributed by atoms with Gasteiger partial charge in [0, 0.05) is 26.7 Å². The van der Waals surface area contributed by atoms with Gasteiger partial charge in [-0.3, -0.25) is 4.99 Å². The van der Waals surface area contributed by atoms with Crippen LogP contribution in [0.2, 0.25) is 0 Å². The van der Waals surface area contributed by atoms with Gasteiger partial charge in [0.15, 0.2) is 24.1 Å². The summed E-state index contributed by atoms with van der Waals surface area (Å²) < 4.78 is 52.9. The molecule has 0 heterocycles. The second kappa shape index (κ2) is 12.5. The third-order valence-corrected chi connectivity index (χ3v) is 4.82. The van der Waals surface area contributed by atoms with Crippen LogP contribution in [0.5, 0.6) is 11.5 Å². The number of aliphatic imine (C=N–C) groups is 1. The Bertz CT molecular complexity index is 663. The molecule has 0 unspecified atom stereocenters. The molecule has 30 heavy (non-hydrogen) atoms. The number of hydrogen-bond donors (Lipinski definition) is 2. The van der Waals surface area contributed by atoms with Crippen molar-refractivity contribution in [3.05, 3.63) is 23.8 Å². The van der Waals surface area contributed by atoms with Gasteiger partial charge in [0.2, 0.25) is 0 Å². The van der Waals surface area contributed by atoms with E-state index in [1.807, 2.05) is 0 Å². The minimum absolute atomic E-state index is 0.0547. The summed E-state index contributed by atoms with van der Waals surface area (Å²) in [7, 11) is 3.07. The Labute approximate surface area is 176 Å². The third-order valence-electron chi connectivity index (χ3n) is 4.82. The van der Waals surface area contributed by atoms with Crippen LogP contribution in [0.4, 0.5) is 13.2 Å². The lowest BCUT2D eigenvalue weighted by molar-refractivity contribution is -0.153. The largest absolute Gasteiger partial charge is 0.493 e. The molecule has 0 bridgehead atoms. The molecule has 1 aliphatic carbocycles. The van der Waals surface area contributed by atoms with Crippen LogP contribution in [-0.4, -0.2) is 52.2 Å². The molecule has 6 nitrogen and oxygen atoms in total. The Hall–Kier alpha value is -2.16. The first kappa shape index (κ1) is 24.1. The van der Waals surface area contributed by atoms with Crippen molar-refractivity contribution in [1.82, 2.24) is 10.6 Å². The van der Waals surface area contributed by atoms with Crippen molar-refractivity contribution in [3.63, 3.8) is 0 Å². The van der Waals surface area contributed by atoms with E-state index in [0.29, 0.717) is 18.6 Å². The Balaban J connectivity index is 1.71. The van der Waals surface area contributed by atoms with E-state index in [0.717, 1.165) is 25.1 Å². The van der Waals surface area contributed by atoms with E-state index < -0.39 is 12.8 Å². The summed E-state index contributed by atoms with van der Waals surface area (Å²) in [6.07, 6.45) is 3.08. The molecular formula is C21H32F3N3O3. The molecule has 2 rings (SSSR count). The van der Waals surface area contributed by atoms with Crippen LogP contribution in [0.25, 0.3) is 0 Å². The molecule has 1 fully saturated rings. The first-order valence-corrected chi connectivity index (χ1v) is 10.3. The predicted molar refractivity (Wildman–Crippen MR) is 110 cm³/mol. The zero-order chi connectivity index (χ0) is 21.8. The van der Waals surface area contributed by atoms with Crippen molar-refractivity contribution in [2.75, 3.05) is 33.9 Å². The standard InChI is InChI=1S/C21H32F3N3O3/c1-25-20(26-11-6-12-29-17-7-4-3-5-8-17)27-14-16-9-10-18(19(13-16)28-2)30-15-21(22,23)24/h9-10,13,17H,3-8,11-12,14-15H2,1-2H3,(H2,25,26,27). The number of benzene rings is 1. The highest BCUT2D eigenvalue weighted by Gasteiger charge is 2.29. The van der Waals surface area contributed by atoms with E-state index >= 15 is 0 Å². The number of alkyl halides is 3. The van der Waals surface area contributed by atoms with Gasteiger partial charge in [-0.2, -0.15) is 13.2 Å². The van der Waals surface area contributed by atoms with E-state index in [1.54, 1.807) is 19.2 Å². The molecule has 0 spiro atoms. The van der Waals surface area contributed by atoms with Crippen LogP contribution < -0.4 is 20.1 Å². The van der Waals surface area contributed by atoms with Crippen LogP contribution in [0, 0.1) is 0 Å². The molecule has 0 amide bonds. The molecule has 0 aliphatic heterocycles. The molecule has 1 aromatic rings. The predicted octanol–water partition coefficient (Wildman–Crippen LogP) is 4.04. The Morgan fingerprint density at radius 3 is 2.57 bits per heavy atom. The maximum Gasteiger partial charge on any atom is 0.422 e. The summed E-state index contributed by atoms with van der Waals surface area (Å²) in [4.78, 5) is 4.18. The normalized spacial score (nSPS) is 15.7. The highest BCUT2D eigenvalue weighted by molar-refractivity contribution is 5.79. The fourth-order valence-corrected chi connectivity index (χ4v) is 3.27. The van der Waals surface area contributed by atoms with Gasteiger partial charge in [-0.1, -0.05) is 25.3 Å². The molecule has 2 N–H and O–H groups in total. The maximum absolute atomic E-state index is 12.3. The fourth-order valence-electron chi connectivity index (χ4n) is 3.27. The summed E-state index contributed by atoms with van der Waals surface area (Å²) in [6, 6.07) is 4.80. The Kier molecular flexibility index (Phi) is 10.1. The first-order chi connectivity index (χ1) is 14.4. The number of nitrogens with one attached hydrogen (secondary N) is 2. The number of guanidine groups is 1. The van der Waals surface area contributed by atoms with Crippen molar-refractivity contribution in [3.8, 4) is 11.5 Å². The van der Waals surface area contributed by atoms with Gasteiger partial charge in [0.1, 0.15) is 0 Å². The second-order valence-corrected chi connectivity index (χ2v) is 7.23. The van der Waals surface area contributed by atoms with Crippen LogP contribution in [0.3, 0.4) is 0 Å². The topological polar surface area (TPSA) is 64.1 Å². The monoisotopic (exact) mass is 431 g/mol. The molecule has 0 aromatic heterocycles. The SMILES string of the molecule is CN=C(NCCCOC1CCCCC1)NCc1ccc(OCC(F)(F)F)c(OC)c1. The quantitative estimate of drug-likeness (QED) is 0.333. The third kappa shape index (κ3) is 9.11. The number of rotatable bonds is 10. The molecule has 1 saturated carbocycles. The summed E-state index contributed by atoms with van der Waals surface area (Å²) in [5, 5.41) is 6.41. The molecule has 1 aromatic carbocycles. The molecule has 0 saturated heterocycles. The van der Waals surface area contributed by atoms with Gasteiger partial charge in [0.05, 0.1) is 13.2 Å². The van der Waals surface area contributed by atoms with Crippen molar-refractivity contribution in [1.29, 1.82) is 0 Å². The van der Waals surface area contributed by atoms with Crippen molar-refractivity contribution in [2.24, 2.45) is 4.99 Å². The average molecular weight is 431 g/mol. The second-order valence-electron chi connectivity index (χ2n) is 7.23. The highest BCUT2D eigenvalue weighted by Crippen LogP contribution is 2.29. The van der Waals surface area contributed by atoms with Gasteiger partial charge in [-0.25, -0.2) is 0 Å². The van der Waals surface area contributed by atoms with Crippen LogP contribution >= 0.6 is 0 Å². The summed E-state index contributed by atoms with van der Waals surface area (Å²) >= 11 is 0. The van der Waals surface area contributed by atoms with Gasteiger partial charge in [-0.05, 0) is 37.0 Å². The van der Waals surface area contributed by atoms with Gasteiger partial charge in [0.25, 0.3) is 0 Å². The Morgan fingerprint density at radius 2 is 1.90 bits per heavy atom. The smallest absolute Gasteiger partial charge is 0.422 e. The number of hydrogen-bond acceptors (Lipinski definition) is 4. The number of nitrogens with zero attached hydrogens (tertiary/aromatic N) is 1. The molecule has 1 aliphatic rings. The summed E-state index contributed by atoms with van der Waals surface area (Å²) in [5.74, 6) is 0.949. The van der Waals surface area contributed by atoms with E-state index in [4.69, 9.17) is 14.2 Å². The van der Waals surface area contributed by atoms with Crippen LogP contribution in [-0.2, 0) is 11.3 Å². The van der Waals surface area contributed by atoms with E-state index in [1.165, 1.54) is 45.3 Å². The van der Waals surface area contributed by atoms with E-state index in [9.17, 15) is 13.2 Å². The highest BCUT2D eigenvalue weighted by atomic mass is 19.4. The zero-order valence-electron chi connectivity index (χ0n) is 17.7. The molecule has 9 heteroatoms. The van der Waals surface area contributed by atoms with Gasteiger partial charge in [-0.15, -0.1) is 0 Å². The molecular weight excluding hydrogens is 399 g/mol. The van der Waals surface area contributed by atoms with Crippen molar-refractivity contribution < 1.29 is 27.4 Å². The number of ether oxygens (including phenoxy) is 3. The number of halogens is 3. The molecule has 170 valence electrons. The minimum Gasteiger partial charge on any atom is -0.493 e. The van der Waals surface area contributed by atoms with Crippen molar-refractivity contribution >= 4 is 5.96 Å². The fraction of sp³-hybridized carbons (Fsp3) is 0.667. The van der Waals surface area contributed by atoms with Gasteiger partial charge >= 0.3 is 6.18 Å². The lowest BCUT2D eigenvalue weighted by Gasteiger charge is -2.22. The summed E-state index contributed by atoms with van der Waals surface area (Å²) in [5.41, 5.74) is 0.829. The maximum atomic E-state index is 12.3. The van der Waals surface area contributed by atoms with Gasteiger partial charge < -0.3 is 24.8 Å². The van der Waals surface area contributed by atoms with E-state index in [-0.39, 0.29) is 11.5 Å². The zero-order valence-corrected chi connectivity index (χ0v) is 17.7. The Morgan fingerprint density at radius 1 is 1.13 bits per heavy atom. The summed E-state index contributed by atoms with van der Waals surface area (Å²) in [6.45, 7) is 0.543. The average Bonchev–Trinajstić information content (AvgIpc) is 2.74. The molecule has 0 radical (unpaired) electrons.